The number of fused-ring (bicyclic) bond motifs is 2. The Morgan fingerprint density at radius 1 is 1.29 bits per heavy atom. The van der Waals surface area contributed by atoms with Crippen LogP contribution in [-0.4, -0.2) is 14.8 Å². The number of hydrogen-bond acceptors (Lipinski definition) is 2. The van der Waals surface area contributed by atoms with Crippen molar-refractivity contribution in [2.45, 2.75) is 58.4 Å². The topological polar surface area (TPSA) is 30.7 Å². The van der Waals surface area contributed by atoms with E-state index in [4.69, 9.17) is 0 Å². The number of hydrogen-bond donors (Lipinski definition) is 0. The van der Waals surface area contributed by atoms with Gasteiger partial charge in [0.25, 0.3) is 0 Å². The second kappa shape index (κ2) is 3.82. The minimum Gasteiger partial charge on any atom is -0.312 e. The quantitative estimate of drug-likeness (QED) is 0.786. The molecule has 2 fully saturated rings. The zero-order chi connectivity index (χ0) is 12.0. The van der Waals surface area contributed by atoms with Gasteiger partial charge in [0.05, 0.1) is 0 Å². The summed E-state index contributed by atoms with van der Waals surface area (Å²) in [5.74, 6) is 4.07. The van der Waals surface area contributed by atoms with Gasteiger partial charge in [-0.1, -0.05) is 6.42 Å². The molecule has 2 saturated carbocycles. The van der Waals surface area contributed by atoms with Gasteiger partial charge in [-0.15, -0.1) is 10.2 Å². The van der Waals surface area contributed by atoms with E-state index in [-0.39, 0.29) is 5.54 Å². The van der Waals surface area contributed by atoms with Crippen LogP contribution in [0.15, 0.2) is 6.33 Å². The summed E-state index contributed by atoms with van der Waals surface area (Å²) in [6.07, 6.45) is 8.88. The standard InChI is InChI=1S/C14H23N3/c1-14(2,3)17-9-15-16-13(17)8-12-7-10-4-5-11(12)6-10/h9-12H,4-8H2,1-3H3. The minimum absolute atomic E-state index is 0.108. The first kappa shape index (κ1) is 11.2. The summed E-state index contributed by atoms with van der Waals surface area (Å²) in [6, 6.07) is 0. The van der Waals surface area contributed by atoms with Crippen LogP contribution in [0.25, 0.3) is 0 Å². The highest BCUT2D eigenvalue weighted by molar-refractivity contribution is 4.99. The highest BCUT2D eigenvalue weighted by Crippen LogP contribution is 2.49. The zero-order valence-electron chi connectivity index (χ0n) is 11.2. The van der Waals surface area contributed by atoms with Gasteiger partial charge in [-0.25, -0.2) is 0 Å². The van der Waals surface area contributed by atoms with Crippen molar-refractivity contribution < 1.29 is 0 Å². The van der Waals surface area contributed by atoms with Crippen LogP contribution in [0.4, 0.5) is 0 Å². The summed E-state index contributed by atoms with van der Waals surface area (Å²) in [7, 11) is 0. The smallest absolute Gasteiger partial charge is 0.133 e. The molecule has 17 heavy (non-hydrogen) atoms. The van der Waals surface area contributed by atoms with Gasteiger partial charge in [0, 0.05) is 12.0 Å². The average molecular weight is 233 g/mol. The van der Waals surface area contributed by atoms with Crippen molar-refractivity contribution >= 4 is 0 Å². The molecule has 1 aromatic rings. The van der Waals surface area contributed by atoms with Gasteiger partial charge < -0.3 is 4.57 Å². The number of rotatable bonds is 2. The molecule has 2 aliphatic rings. The van der Waals surface area contributed by atoms with E-state index in [0.717, 1.165) is 24.2 Å². The average Bonchev–Trinajstić information content (AvgIpc) is 2.89. The van der Waals surface area contributed by atoms with Crippen LogP contribution in [0.3, 0.4) is 0 Å². The Hall–Kier alpha value is -0.860. The summed E-state index contributed by atoms with van der Waals surface area (Å²) in [5, 5.41) is 8.45. The predicted octanol–water partition coefficient (Wildman–Crippen LogP) is 3.01. The van der Waals surface area contributed by atoms with Crippen LogP contribution in [0.1, 0.15) is 52.3 Å². The van der Waals surface area contributed by atoms with E-state index < -0.39 is 0 Å². The maximum atomic E-state index is 4.34. The van der Waals surface area contributed by atoms with Crippen LogP contribution in [0.2, 0.25) is 0 Å². The lowest BCUT2D eigenvalue weighted by molar-refractivity contribution is 0.308. The molecule has 0 saturated heterocycles. The SMILES string of the molecule is CC(C)(C)n1cnnc1CC1CC2CCC1C2. The van der Waals surface area contributed by atoms with Crippen molar-refractivity contribution in [1.82, 2.24) is 14.8 Å². The first-order chi connectivity index (χ1) is 8.04. The number of nitrogens with zero attached hydrogens (tertiary/aromatic N) is 3. The summed E-state index contributed by atoms with van der Waals surface area (Å²) in [6.45, 7) is 6.67. The molecule has 3 heteroatoms. The third-order valence-corrected chi connectivity index (χ3v) is 4.67. The van der Waals surface area contributed by atoms with E-state index in [2.05, 4.69) is 35.5 Å². The normalized spacial score (nSPS) is 32.3. The van der Waals surface area contributed by atoms with Gasteiger partial charge in [0.2, 0.25) is 0 Å². The molecule has 0 aromatic carbocycles. The lowest BCUT2D eigenvalue weighted by atomic mass is 9.86. The lowest BCUT2D eigenvalue weighted by Gasteiger charge is -2.25. The molecule has 3 unspecified atom stereocenters. The van der Waals surface area contributed by atoms with Gasteiger partial charge in [-0.05, 0) is 57.8 Å². The van der Waals surface area contributed by atoms with E-state index >= 15 is 0 Å². The molecule has 0 radical (unpaired) electrons. The molecule has 0 aliphatic heterocycles. The molecule has 3 rings (SSSR count). The van der Waals surface area contributed by atoms with Crippen LogP contribution < -0.4 is 0 Å². The number of aromatic nitrogens is 3. The first-order valence-electron chi connectivity index (χ1n) is 6.93. The molecule has 2 bridgehead atoms. The highest BCUT2D eigenvalue weighted by atomic mass is 15.3. The van der Waals surface area contributed by atoms with Crippen LogP contribution in [-0.2, 0) is 12.0 Å². The fourth-order valence-corrected chi connectivity index (χ4v) is 3.82. The molecule has 3 nitrogen and oxygen atoms in total. The van der Waals surface area contributed by atoms with Crippen molar-refractivity contribution in [3.05, 3.63) is 12.2 Å². The summed E-state index contributed by atoms with van der Waals surface area (Å²) >= 11 is 0. The Morgan fingerprint density at radius 3 is 2.71 bits per heavy atom. The second-order valence-electron chi connectivity index (χ2n) is 6.93. The Morgan fingerprint density at radius 2 is 2.12 bits per heavy atom. The van der Waals surface area contributed by atoms with Crippen molar-refractivity contribution in [3.63, 3.8) is 0 Å². The second-order valence-corrected chi connectivity index (χ2v) is 6.93. The largest absolute Gasteiger partial charge is 0.312 e. The minimum atomic E-state index is 0.108. The monoisotopic (exact) mass is 233 g/mol. The summed E-state index contributed by atoms with van der Waals surface area (Å²) in [4.78, 5) is 0. The molecule has 94 valence electrons. The molecule has 0 spiro atoms. The Balaban J connectivity index is 1.75. The van der Waals surface area contributed by atoms with Crippen molar-refractivity contribution in [3.8, 4) is 0 Å². The molecule has 3 atom stereocenters. The summed E-state index contributed by atoms with van der Waals surface area (Å²) < 4.78 is 2.25. The Kier molecular flexibility index (Phi) is 2.53. The molecule has 2 aliphatic carbocycles. The van der Waals surface area contributed by atoms with E-state index in [0.29, 0.717) is 0 Å². The van der Waals surface area contributed by atoms with E-state index in [1.807, 2.05) is 6.33 Å². The molecular formula is C14H23N3. The summed E-state index contributed by atoms with van der Waals surface area (Å²) in [5.41, 5.74) is 0.108. The van der Waals surface area contributed by atoms with Crippen LogP contribution in [0, 0.1) is 17.8 Å². The first-order valence-corrected chi connectivity index (χ1v) is 6.93. The zero-order valence-corrected chi connectivity index (χ0v) is 11.2. The molecule has 0 amide bonds. The van der Waals surface area contributed by atoms with Gasteiger partial charge in [-0.3, -0.25) is 0 Å². The molecule has 1 heterocycles. The predicted molar refractivity (Wildman–Crippen MR) is 67.7 cm³/mol. The van der Waals surface area contributed by atoms with E-state index in [9.17, 15) is 0 Å². The van der Waals surface area contributed by atoms with Gasteiger partial charge in [-0.2, -0.15) is 0 Å². The van der Waals surface area contributed by atoms with Gasteiger partial charge >= 0.3 is 0 Å². The molecule has 0 N–H and O–H groups in total. The molecular weight excluding hydrogens is 210 g/mol. The van der Waals surface area contributed by atoms with Crippen molar-refractivity contribution in [2.75, 3.05) is 0 Å². The fraction of sp³-hybridized carbons (Fsp3) is 0.857. The van der Waals surface area contributed by atoms with Crippen molar-refractivity contribution in [2.24, 2.45) is 17.8 Å². The van der Waals surface area contributed by atoms with E-state index in [1.54, 1.807) is 0 Å². The van der Waals surface area contributed by atoms with Crippen LogP contribution >= 0.6 is 0 Å². The van der Waals surface area contributed by atoms with Crippen molar-refractivity contribution in [1.29, 1.82) is 0 Å². The Bertz CT molecular complexity index is 402. The maximum Gasteiger partial charge on any atom is 0.133 e. The van der Waals surface area contributed by atoms with E-state index in [1.165, 1.54) is 31.5 Å². The highest BCUT2D eigenvalue weighted by Gasteiger charge is 2.40. The van der Waals surface area contributed by atoms with Gasteiger partial charge in [0.1, 0.15) is 12.2 Å². The van der Waals surface area contributed by atoms with Gasteiger partial charge in [0.15, 0.2) is 0 Å². The third-order valence-electron chi connectivity index (χ3n) is 4.67. The molecule has 1 aromatic heterocycles. The Labute approximate surface area is 104 Å². The third kappa shape index (κ3) is 2.00. The maximum absolute atomic E-state index is 4.34. The fourth-order valence-electron chi connectivity index (χ4n) is 3.82. The lowest BCUT2D eigenvalue weighted by Crippen LogP contribution is -2.25. The van der Waals surface area contributed by atoms with Crippen LogP contribution in [0.5, 0.6) is 0 Å².